The highest BCUT2D eigenvalue weighted by molar-refractivity contribution is 5.94. The van der Waals surface area contributed by atoms with E-state index in [1.165, 1.54) is 0 Å². The summed E-state index contributed by atoms with van der Waals surface area (Å²) in [6.45, 7) is 6.59. The fraction of sp³-hybridized carbons (Fsp3) is 0.308. The molecule has 2 aromatic carbocycles. The molecular formula is C26H29N3O4. The van der Waals surface area contributed by atoms with Gasteiger partial charge in [-0.1, -0.05) is 30.3 Å². The van der Waals surface area contributed by atoms with Crippen LogP contribution in [0.1, 0.15) is 28.8 Å². The Balaban J connectivity index is 1.24. The van der Waals surface area contributed by atoms with Crippen LogP contribution in [-0.4, -0.2) is 53.8 Å². The highest BCUT2D eigenvalue weighted by Crippen LogP contribution is 2.18. The lowest BCUT2D eigenvalue weighted by Crippen LogP contribution is -2.54. The van der Waals surface area contributed by atoms with Crippen molar-refractivity contribution >= 4 is 17.5 Å². The zero-order valence-electron chi connectivity index (χ0n) is 19.0. The van der Waals surface area contributed by atoms with Crippen LogP contribution in [0.25, 0.3) is 0 Å². The second-order valence-corrected chi connectivity index (χ2v) is 8.20. The van der Waals surface area contributed by atoms with Crippen molar-refractivity contribution in [3.05, 3.63) is 83.8 Å². The first-order valence-electron chi connectivity index (χ1n) is 11.2. The number of nitrogens with zero attached hydrogens (tertiary/aromatic N) is 2. The Morgan fingerprint density at radius 1 is 0.970 bits per heavy atom. The summed E-state index contributed by atoms with van der Waals surface area (Å²) in [6, 6.07) is 20.5. The highest BCUT2D eigenvalue weighted by Gasteiger charge is 2.28. The summed E-state index contributed by atoms with van der Waals surface area (Å²) in [5.41, 5.74) is 1.82. The summed E-state index contributed by atoms with van der Waals surface area (Å²) >= 11 is 0. The maximum absolute atomic E-state index is 12.8. The number of ether oxygens (including phenoxy) is 1. The van der Waals surface area contributed by atoms with Crippen LogP contribution in [0.2, 0.25) is 0 Å². The number of nitrogens with one attached hydrogen (secondary N) is 1. The number of rotatable bonds is 7. The van der Waals surface area contributed by atoms with Gasteiger partial charge in [-0.05, 0) is 55.8 Å². The highest BCUT2D eigenvalue weighted by atomic mass is 16.5. The predicted molar refractivity (Wildman–Crippen MR) is 126 cm³/mol. The van der Waals surface area contributed by atoms with Crippen molar-refractivity contribution in [2.75, 3.05) is 31.5 Å². The molecule has 3 aromatic rings. The number of aryl methyl sites for hydroxylation is 1. The van der Waals surface area contributed by atoms with Gasteiger partial charge >= 0.3 is 0 Å². The Kier molecular flexibility index (Phi) is 7.10. The summed E-state index contributed by atoms with van der Waals surface area (Å²) in [6.07, 6.45) is 0. The molecular weight excluding hydrogens is 418 g/mol. The Morgan fingerprint density at radius 2 is 1.67 bits per heavy atom. The summed E-state index contributed by atoms with van der Waals surface area (Å²) in [4.78, 5) is 29.2. The van der Waals surface area contributed by atoms with Crippen LogP contribution in [0.4, 0.5) is 5.69 Å². The molecule has 2 amide bonds. The third-order valence-electron chi connectivity index (χ3n) is 5.85. The van der Waals surface area contributed by atoms with Gasteiger partial charge in [-0.25, -0.2) is 0 Å². The van der Waals surface area contributed by atoms with E-state index in [-0.39, 0.29) is 17.9 Å². The Morgan fingerprint density at radius 3 is 2.30 bits per heavy atom. The van der Waals surface area contributed by atoms with Crippen LogP contribution in [0.5, 0.6) is 5.75 Å². The maximum Gasteiger partial charge on any atom is 0.289 e. The van der Waals surface area contributed by atoms with E-state index in [0.717, 1.165) is 22.8 Å². The molecule has 0 aliphatic carbocycles. The summed E-state index contributed by atoms with van der Waals surface area (Å²) in [5.74, 6) is 1.65. The SMILES string of the molecule is Cc1ccc(C(=O)N2CCN(C(C)C(=O)Nc3ccc(OCc4ccccc4)cc3)CC2)o1. The number of carbonyl (C=O) groups excluding carboxylic acids is 2. The van der Waals surface area contributed by atoms with E-state index in [9.17, 15) is 9.59 Å². The quantitative estimate of drug-likeness (QED) is 0.594. The molecule has 7 nitrogen and oxygen atoms in total. The van der Waals surface area contributed by atoms with E-state index in [1.807, 2.05) is 68.4 Å². The zero-order chi connectivity index (χ0) is 23.2. The Hall–Kier alpha value is -3.58. The predicted octanol–water partition coefficient (Wildman–Crippen LogP) is 3.95. The van der Waals surface area contributed by atoms with Crippen molar-refractivity contribution in [2.45, 2.75) is 26.5 Å². The fourth-order valence-corrected chi connectivity index (χ4v) is 3.81. The molecule has 7 heteroatoms. The van der Waals surface area contributed by atoms with E-state index in [4.69, 9.17) is 9.15 Å². The lowest BCUT2D eigenvalue weighted by atomic mass is 10.2. The molecule has 2 heterocycles. The first-order valence-corrected chi connectivity index (χ1v) is 11.2. The van der Waals surface area contributed by atoms with E-state index in [1.54, 1.807) is 17.0 Å². The largest absolute Gasteiger partial charge is 0.489 e. The van der Waals surface area contributed by atoms with Gasteiger partial charge in [-0.15, -0.1) is 0 Å². The number of furan rings is 1. The summed E-state index contributed by atoms with van der Waals surface area (Å²) in [7, 11) is 0. The molecule has 1 aliphatic rings. The van der Waals surface area contributed by atoms with Crippen molar-refractivity contribution in [3.8, 4) is 5.75 Å². The number of amides is 2. The second-order valence-electron chi connectivity index (χ2n) is 8.20. The first kappa shape index (κ1) is 22.6. The fourth-order valence-electron chi connectivity index (χ4n) is 3.81. The minimum absolute atomic E-state index is 0.0746. The van der Waals surface area contributed by atoms with Gasteiger partial charge in [0.15, 0.2) is 5.76 Å². The average molecular weight is 448 g/mol. The van der Waals surface area contributed by atoms with Crippen molar-refractivity contribution in [1.29, 1.82) is 0 Å². The lowest BCUT2D eigenvalue weighted by molar-refractivity contribution is -0.121. The molecule has 0 saturated carbocycles. The van der Waals surface area contributed by atoms with Crippen LogP contribution in [0.3, 0.4) is 0 Å². The third kappa shape index (κ3) is 5.81. The van der Waals surface area contributed by atoms with Gasteiger partial charge in [0.2, 0.25) is 5.91 Å². The van der Waals surface area contributed by atoms with Crippen LogP contribution in [-0.2, 0) is 11.4 Å². The average Bonchev–Trinajstić information content (AvgIpc) is 3.29. The minimum atomic E-state index is -0.304. The van der Waals surface area contributed by atoms with E-state index >= 15 is 0 Å². The number of benzene rings is 2. The van der Waals surface area contributed by atoms with Crippen LogP contribution in [0, 0.1) is 6.92 Å². The number of hydrogen-bond acceptors (Lipinski definition) is 5. The van der Waals surface area contributed by atoms with Crippen LogP contribution < -0.4 is 10.1 Å². The van der Waals surface area contributed by atoms with Gasteiger partial charge in [0.05, 0.1) is 6.04 Å². The minimum Gasteiger partial charge on any atom is -0.489 e. The Labute approximate surface area is 193 Å². The summed E-state index contributed by atoms with van der Waals surface area (Å²) in [5, 5.41) is 2.97. The van der Waals surface area contributed by atoms with Crippen LogP contribution >= 0.6 is 0 Å². The Bertz CT molecular complexity index is 1070. The van der Waals surface area contributed by atoms with Gasteiger partial charge in [-0.3, -0.25) is 14.5 Å². The maximum atomic E-state index is 12.8. The number of piperazine rings is 1. The van der Waals surface area contributed by atoms with E-state index < -0.39 is 0 Å². The molecule has 0 bridgehead atoms. The van der Waals surface area contributed by atoms with Gasteiger partial charge in [0.25, 0.3) is 5.91 Å². The monoisotopic (exact) mass is 447 g/mol. The first-order chi connectivity index (χ1) is 16.0. The molecule has 1 unspecified atom stereocenters. The van der Waals surface area contributed by atoms with Crippen molar-refractivity contribution in [3.63, 3.8) is 0 Å². The molecule has 33 heavy (non-hydrogen) atoms. The molecule has 0 spiro atoms. The van der Waals surface area contributed by atoms with Gasteiger partial charge in [-0.2, -0.15) is 0 Å². The molecule has 0 radical (unpaired) electrons. The van der Waals surface area contributed by atoms with Gasteiger partial charge < -0.3 is 19.4 Å². The third-order valence-corrected chi connectivity index (χ3v) is 5.85. The van der Waals surface area contributed by atoms with E-state index in [0.29, 0.717) is 38.5 Å². The van der Waals surface area contributed by atoms with Gasteiger partial charge in [0.1, 0.15) is 18.1 Å². The molecule has 4 rings (SSSR count). The molecule has 1 N–H and O–H groups in total. The molecule has 172 valence electrons. The molecule has 1 fully saturated rings. The second kappa shape index (κ2) is 10.4. The standard InChI is InChI=1S/C26H29N3O4/c1-19-8-13-24(33-19)26(31)29-16-14-28(15-17-29)20(2)25(30)27-22-9-11-23(12-10-22)32-18-21-6-4-3-5-7-21/h3-13,20H,14-18H2,1-2H3,(H,27,30). The topological polar surface area (TPSA) is 75.0 Å². The summed E-state index contributed by atoms with van der Waals surface area (Å²) < 4.78 is 11.2. The number of hydrogen-bond donors (Lipinski definition) is 1. The normalized spacial score (nSPS) is 15.2. The zero-order valence-corrected chi connectivity index (χ0v) is 19.0. The number of anilines is 1. The molecule has 1 aliphatic heterocycles. The van der Waals surface area contributed by atoms with E-state index in [2.05, 4.69) is 10.2 Å². The molecule has 1 saturated heterocycles. The lowest BCUT2D eigenvalue weighted by Gasteiger charge is -2.37. The van der Waals surface area contributed by atoms with Crippen molar-refractivity contribution in [2.24, 2.45) is 0 Å². The number of carbonyl (C=O) groups is 2. The smallest absolute Gasteiger partial charge is 0.289 e. The van der Waals surface area contributed by atoms with Crippen molar-refractivity contribution < 1.29 is 18.7 Å². The molecule has 1 aromatic heterocycles. The molecule has 1 atom stereocenters. The van der Waals surface area contributed by atoms with Gasteiger partial charge in [0, 0.05) is 31.9 Å². The van der Waals surface area contributed by atoms with Crippen LogP contribution in [0.15, 0.2) is 71.1 Å². The van der Waals surface area contributed by atoms with Crippen molar-refractivity contribution in [1.82, 2.24) is 9.80 Å².